The summed E-state index contributed by atoms with van der Waals surface area (Å²) in [5.74, 6) is 0. The molecule has 1 heterocycles. The van der Waals surface area contributed by atoms with Crippen molar-refractivity contribution in [1.29, 1.82) is 0 Å². The van der Waals surface area contributed by atoms with Crippen molar-refractivity contribution >= 4 is 48.9 Å². The number of ether oxygens (including phenoxy) is 1. The molecule has 0 atom stereocenters. The summed E-state index contributed by atoms with van der Waals surface area (Å²) in [5, 5.41) is 8.54. The van der Waals surface area contributed by atoms with Gasteiger partial charge in [0.25, 0.3) is 0 Å². The minimum absolute atomic E-state index is 0. The van der Waals surface area contributed by atoms with Crippen molar-refractivity contribution in [3.05, 3.63) is 0 Å². The molecule has 1 aliphatic rings. The zero-order valence-electron chi connectivity index (χ0n) is 5.55. The van der Waals surface area contributed by atoms with Gasteiger partial charge in [-0.1, -0.05) is 0 Å². The summed E-state index contributed by atoms with van der Waals surface area (Å²) in [7, 11) is 0. The number of morpholine rings is 1. The molecule has 0 spiro atoms. The Morgan fingerprint density at radius 1 is 1.30 bits per heavy atom. The van der Waals surface area contributed by atoms with Gasteiger partial charge in [-0.3, -0.25) is 4.90 Å². The van der Waals surface area contributed by atoms with E-state index in [-0.39, 0.29) is 55.5 Å². The van der Waals surface area contributed by atoms with Gasteiger partial charge >= 0.3 is 48.9 Å². The zero-order chi connectivity index (χ0) is 6.53. The second kappa shape index (κ2) is 7.12. The van der Waals surface area contributed by atoms with Crippen molar-refractivity contribution in [3.8, 4) is 0 Å². The van der Waals surface area contributed by atoms with Crippen LogP contribution in [0.1, 0.15) is 0 Å². The molecule has 0 amide bonds. The standard InChI is InChI=1S/C6H13NO2.Ba.2H/c8-4-1-7-2-5-9-6-3-7;;;/h8H,1-6H2;;;. The summed E-state index contributed by atoms with van der Waals surface area (Å²) in [6.45, 7) is 4.64. The molecular formula is C6H15BaNO2. The van der Waals surface area contributed by atoms with E-state index >= 15 is 0 Å². The topological polar surface area (TPSA) is 32.7 Å². The van der Waals surface area contributed by atoms with E-state index in [2.05, 4.69) is 4.90 Å². The number of rotatable bonds is 2. The molecule has 0 bridgehead atoms. The van der Waals surface area contributed by atoms with Gasteiger partial charge in [-0.05, 0) is 0 Å². The fraction of sp³-hybridized carbons (Fsp3) is 1.00. The van der Waals surface area contributed by atoms with Crippen molar-refractivity contribution in [2.75, 3.05) is 39.5 Å². The van der Waals surface area contributed by atoms with Gasteiger partial charge < -0.3 is 9.84 Å². The Balaban J connectivity index is 0.000000810. The molecule has 0 saturated carbocycles. The van der Waals surface area contributed by atoms with Gasteiger partial charge in [0.05, 0.1) is 19.8 Å². The van der Waals surface area contributed by atoms with E-state index in [9.17, 15) is 0 Å². The number of hydrogen-bond acceptors (Lipinski definition) is 3. The van der Waals surface area contributed by atoms with Crippen LogP contribution in [-0.2, 0) is 4.74 Å². The molecule has 1 N–H and O–H groups in total. The third kappa shape index (κ3) is 4.35. The van der Waals surface area contributed by atoms with Crippen LogP contribution in [0.2, 0.25) is 0 Å². The predicted octanol–water partition coefficient (Wildman–Crippen LogP) is -1.61. The molecule has 1 aliphatic heterocycles. The monoisotopic (exact) mass is 271 g/mol. The quantitative estimate of drug-likeness (QED) is 0.613. The summed E-state index contributed by atoms with van der Waals surface area (Å²) >= 11 is 0. The van der Waals surface area contributed by atoms with Crippen LogP contribution in [0.15, 0.2) is 0 Å². The molecule has 0 radical (unpaired) electrons. The molecule has 10 heavy (non-hydrogen) atoms. The predicted molar refractivity (Wildman–Crippen MR) is 42.9 cm³/mol. The summed E-state index contributed by atoms with van der Waals surface area (Å²) in [6, 6.07) is 0. The first kappa shape index (κ1) is 11.5. The van der Waals surface area contributed by atoms with Crippen LogP contribution in [0.5, 0.6) is 0 Å². The van der Waals surface area contributed by atoms with Crippen LogP contribution in [0.3, 0.4) is 0 Å². The molecule has 58 valence electrons. The van der Waals surface area contributed by atoms with Crippen LogP contribution >= 0.6 is 0 Å². The first-order chi connectivity index (χ1) is 4.43. The van der Waals surface area contributed by atoms with E-state index < -0.39 is 0 Å². The minimum atomic E-state index is 0. The van der Waals surface area contributed by atoms with Gasteiger partial charge in [-0.25, -0.2) is 0 Å². The van der Waals surface area contributed by atoms with Crippen molar-refractivity contribution in [3.63, 3.8) is 0 Å². The van der Waals surface area contributed by atoms with Crippen molar-refractivity contribution < 1.29 is 9.84 Å². The van der Waals surface area contributed by atoms with Crippen LogP contribution in [0.4, 0.5) is 0 Å². The third-order valence-electron chi connectivity index (χ3n) is 1.52. The zero-order valence-corrected chi connectivity index (χ0v) is 5.55. The van der Waals surface area contributed by atoms with Crippen molar-refractivity contribution in [2.24, 2.45) is 0 Å². The fourth-order valence-corrected chi connectivity index (χ4v) is 0.966. The second-order valence-corrected chi connectivity index (χ2v) is 2.18. The van der Waals surface area contributed by atoms with E-state index in [0.717, 1.165) is 32.8 Å². The first-order valence-corrected chi connectivity index (χ1v) is 3.34. The average Bonchev–Trinajstić information content (AvgIpc) is 1.91. The van der Waals surface area contributed by atoms with Crippen LogP contribution in [0, 0.1) is 0 Å². The van der Waals surface area contributed by atoms with Gasteiger partial charge in [0.15, 0.2) is 0 Å². The fourth-order valence-electron chi connectivity index (χ4n) is 0.966. The molecule has 0 aliphatic carbocycles. The van der Waals surface area contributed by atoms with Crippen molar-refractivity contribution in [2.45, 2.75) is 0 Å². The molecule has 0 aromatic rings. The first-order valence-electron chi connectivity index (χ1n) is 3.34. The van der Waals surface area contributed by atoms with E-state index in [1.165, 1.54) is 0 Å². The van der Waals surface area contributed by atoms with E-state index in [0.29, 0.717) is 0 Å². The van der Waals surface area contributed by atoms with Crippen molar-refractivity contribution in [1.82, 2.24) is 4.90 Å². The average molecular weight is 271 g/mol. The number of hydrogen-bond donors (Lipinski definition) is 1. The van der Waals surface area contributed by atoms with Gasteiger partial charge in [0.2, 0.25) is 0 Å². The Hall–Kier alpha value is 1.45. The summed E-state index contributed by atoms with van der Waals surface area (Å²) in [6.07, 6.45) is 0. The maximum absolute atomic E-state index is 8.54. The maximum atomic E-state index is 8.54. The molecule has 3 nitrogen and oxygen atoms in total. The summed E-state index contributed by atoms with van der Waals surface area (Å²) < 4.78 is 5.12. The van der Waals surface area contributed by atoms with E-state index in [4.69, 9.17) is 9.84 Å². The molecule has 0 aromatic carbocycles. The normalized spacial score (nSPS) is 20.1. The number of aliphatic hydroxyl groups is 1. The molecule has 1 saturated heterocycles. The van der Waals surface area contributed by atoms with Gasteiger partial charge in [-0.15, -0.1) is 0 Å². The number of aliphatic hydroxyl groups excluding tert-OH is 1. The Morgan fingerprint density at radius 2 is 1.90 bits per heavy atom. The summed E-state index contributed by atoms with van der Waals surface area (Å²) in [4.78, 5) is 2.20. The SMILES string of the molecule is OCCN1CCOCC1.[BaH2]. The van der Waals surface area contributed by atoms with Gasteiger partial charge in [-0.2, -0.15) is 0 Å². The molecule has 1 fully saturated rings. The van der Waals surface area contributed by atoms with E-state index in [1.807, 2.05) is 0 Å². The van der Waals surface area contributed by atoms with Crippen LogP contribution in [-0.4, -0.2) is 98.3 Å². The molecule has 0 aromatic heterocycles. The van der Waals surface area contributed by atoms with Gasteiger partial charge in [0, 0.05) is 19.6 Å². The van der Waals surface area contributed by atoms with Crippen LogP contribution in [0.25, 0.3) is 0 Å². The third-order valence-corrected chi connectivity index (χ3v) is 1.52. The molecule has 1 rings (SSSR count). The molecule has 4 heteroatoms. The second-order valence-electron chi connectivity index (χ2n) is 2.18. The van der Waals surface area contributed by atoms with Crippen LogP contribution < -0.4 is 0 Å². The molecule has 0 unspecified atom stereocenters. The Bertz CT molecular complexity index is 73.4. The van der Waals surface area contributed by atoms with Gasteiger partial charge in [0.1, 0.15) is 0 Å². The number of nitrogens with zero attached hydrogens (tertiary/aromatic N) is 1. The Kier molecular flexibility index (Phi) is 8.15. The molecular weight excluding hydrogens is 255 g/mol. The van der Waals surface area contributed by atoms with E-state index in [1.54, 1.807) is 0 Å². The summed E-state index contributed by atoms with van der Waals surface area (Å²) in [5.41, 5.74) is 0. The number of β-amino-alcohol motifs (C(OH)–C–C–N with tert-alkyl or cyclic N) is 1. The Morgan fingerprint density at radius 3 is 2.40 bits per heavy atom. The Labute approximate surface area is 102 Å².